The number of pyridine rings is 1. The molecule has 0 spiro atoms. The minimum Gasteiger partial charge on any atom is -0.368 e. The number of nitriles is 1. The van der Waals surface area contributed by atoms with E-state index >= 15 is 0 Å². The number of benzene rings is 1. The van der Waals surface area contributed by atoms with E-state index < -0.39 is 17.9 Å². The second-order valence-corrected chi connectivity index (χ2v) is 4.64. The fourth-order valence-electron chi connectivity index (χ4n) is 1.99. The van der Waals surface area contributed by atoms with Gasteiger partial charge in [-0.3, -0.25) is 14.6 Å². The lowest BCUT2D eigenvalue weighted by molar-refractivity contribution is -0.119. The van der Waals surface area contributed by atoms with Gasteiger partial charge < -0.3 is 11.1 Å². The van der Waals surface area contributed by atoms with Gasteiger partial charge in [-0.2, -0.15) is 5.26 Å². The van der Waals surface area contributed by atoms with Gasteiger partial charge in [-0.1, -0.05) is 18.2 Å². The van der Waals surface area contributed by atoms with Crippen molar-refractivity contribution in [2.75, 3.05) is 0 Å². The highest BCUT2D eigenvalue weighted by Crippen LogP contribution is 2.10. The second kappa shape index (κ2) is 6.99. The molecule has 6 nitrogen and oxygen atoms in total. The molecule has 0 aliphatic heterocycles. The van der Waals surface area contributed by atoms with E-state index in [2.05, 4.69) is 16.4 Å². The fraction of sp³-hybridized carbons (Fsp3) is 0.125. The second-order valence-electron chi connectivity index (χ2n) is 4.64. The van der Waals surface area contributed by atoms with Crippen LogP contribution < -0.4 is 11.1 Å². The van der Waals surface area contributed by atoms with Crippen molar-refractivity contribution >= 4 is 11.8 Å². The van der Waals surface area contributed by atoms with Crippen molar-refractivity contribution in [3.8, 4) is 6.07 Å². The van der Waals surface area contributed by atoms with Crippen LogP contribution in [0.1, 0.15) is 21.5 Å². The molecule has 0 saturated heterocycles. The van der Waals surface area contributed by atoms with E-state index in [0.717, 1.165) is 0 Å². The van der Waals surface area contributed by atoms with Crippen molar-refractivity contribution in [3.63, 3.8) is 0 Å². The Hall–Kier alpha value is -3.20. The first-order chi connectivity index (χ1) is 10.6. The van der Waals surface area contributed by atoms with Gasteiger partial charge in [-0.15, -0.1) is 0 Å². The number of primary amides is 1. The zero-order chi connectivity index (χ0) is 15.9. The van der Waals surface area contributed by atoms with Crippen molar-refractivity contribution in [1.82, 2.24) is 10.3 Å². The molecule has 1 aromatic heterocycles. The van der Waals surface area contributed by atoms with Crippen LogP contribution in [0.3, 0.4) is 0 Å². The molecule has 1 heterocycles. The quantitative estimate of drug-likeness (QED) is 0.849. The van der Waals surface area contributed by atoms with Crippen LogP contribution in [0, 0.1) is 11.3 Å². The molecule has 2 aromatic rings. The monoisotopic (exact) mass is 294 g/mol. The van der Waals surface area contributed by atoms with E-state index in [9.17, 15) is 9.59 Å². The summed E-state index contributed by atoms with van der Waals surface area (Å²) < 4.78 is 0. The van der Waals surface area contributed by atoms with Gasteiger partial charge in [0.1, 0.15) is 6.04 Å². The Kier molecular flexibility index (Phi) is 4.83. The number of carbonyl (C=O) groups is 2. The summed E-state index contributed by atoms with van der Waals surface area (Å²) in [7, 11) is 0. The maximum atomic E-state index is 12.1. The van der Waals surface area contributed by atoms with Crippen LogP contribution in [0.2, 0.25) is 0 Å². The number of nitrogens with one attached hydrogen (secondary N) is 1. The summed E-state index contributed by atoms with van der Waals surface area (Å²) in [6.07, 6.45) is 3.13. The Morgan fingerprint density at radius 2 is 1.91 bits per heavy atom. The number of hydrogen-bond acceptors (Lipinski definition) is 4. The summed E-state index contributed by atoms with van der Waals surface area (Å²) in [4.78, 5) is 27.5. The average molecular weight is 294 g/mol. The lowest BCUT2D eigenvalue weighted by atomic mass is 10.0. The number of nitrogens with zero attached hydrogens (tertiary/aromatic N) is 2. The Labute approximate surface area is 127 Å². The van der Waals surface area contributed by atoms with Gasteiger partial charge >= 0.3 is 0 Å². The molecule has 0 bridgehead atoms. The van der Waals surface area contributed by atoms with Crippen LogP contribution in [0.15, 0.2) is 48.8 Å². The lowest BCUT2D eigenvalue weighted by Crippen LogP contribution is -2.46. The van der Waals surface area contributed by atoms with Crippen LogP contribution in [0.4, 0.5) is 0 Å². The summed E-state index contributed by atoms with van der Waals surface area (Å²) in [5, 5.41) is 11.7. The van der Waals surface area contributed by atoms with Crippen molar-refractivity contribution in [2.24, 2.45) is 5.73 Å². The molecule has 0 aliphatic rings. The molecule has 0 radical (unpaired) electrons. The highest BCUT2D eigenvalue weighted by atomic mass is 16.2. The predicted octanol–water partition coefficient (Wildman–Crippen LogP) is 0.780. The molecule has 3 N–H and O–H groups in total. The van der Waals surface area contributed by atoms with Crippen LogP contribution >= 0.6 is 0 Å². The van der Waals surface area contributed by atoms with Crippen LogP contribution in [-0.4, -0.2) is 22.8 Å². The fourth-order valence-corrected chi connectivity index (χ4v) is 1.99. The van der Waals surface area contributed by atoms with Crippen LogP contribution in [-0.2, 0) is 11.2 Å². The SMILES string of the molecule is N#Cc1ccccc1C[C@@H](NC(=O)c1ccncc1)C(N)=O. The molecule has 6 heteroatoms. The molecule has 1 aromatic carbocycles. The lowest BCUT2D eigenvalue weighted by Gasteiger charge is -2.16. The first-order valence-electron chi connectivity index (χ1n) is 6.60. The topological polar surface area (TPSA) is 109 Å². The smallest absolute Gasteiger partial charge is 0.252 e. The number of rotatable bonds is 5. The molecular weight excluding hydrogens is 280 g/mol. The van der Waals surface area contributed by atoms with Gasteiger partial charge in [-0.25, -0.2) is 0 Å². The largest absolute Gasteiger partial charge is 0.368 e. The van der Waals surface area contributed by atoms with Crippen molar-refractivity contribution < 1.29 is 9.59 Å². The van der Waals surface area contributed by atoms with Gasteiger partial charge in [0, 0.05) is 24.4 Å². The zero-order valence-corrected chi connectivity index (χ0v) is 11.7. The summed E-state index contributed by atoms with van der Waals surface area (Å²) >= 11 is 0. The van der Waals surface area contributed by atoms with Crippen molar-refractivity contribution in [2.45, 2.75) is 12.5 Å². The van der Waals surface area contributed by atoms with Crippen LogP contribution in [0.5, 0.6) is 0 Å². The molecule has 0 aliphatic carbocycles. The third-order valence-electron chi connectivity index (χ3n) is 3.15. The third-order valence-corrected chi connectivity index (χ3v) is 3.15. The standard InChI is InChI=1S/C16H14N4O2/c17-10-13-4-2-1-3-12(13)9-14(15(18)21)20-16(22)11-5-7-19-8-6-11/h1-8,14H,9H2,(H2,18,21)(H,20,22)/t14-/m1/s1. The van der Waals surface area contributed by atoms with Gasteiger partial charge in [-0.05, 0) is 23.8 Å². The maximum Gasteiger partial charge on any atom is 0.252 e. The summed E-state index contributed by atoms with van der Waals surface area (Å²) in [5.41, 5.74) is 6.84. The molecule has 0 saturated carbocycles. The molecule has 110 valence electrons. The van der Waals surface area contributed by atoms with E-state index in [4.69, 9.17) is 11.0 Å². The minimum absolute atomic E-state index is 0.163. The molecular formula is C16H14N4O2. The first-order valence-corrected chi connectivity index (χ1v) is 6.60. The Morgan fingerprint density at radius 1 is 1.23 bits per heavy atom. The summed E-state index contributed by atoms with van der Waals surface area (Å²) in [6, 6.07) is 11.1. The highest BCUT2D eigenvalue weighted by molar-refractivity contribution is 5.97. The van der Waals surface area contributed by atoms with Gasteiger partial charge in [0.15, 0.2) is 0 Å². The maximum absolute atomic E-state index is 12.1. The molecule has 1 atom stereocenters. The van der Waals surface area contributed by atoms with Gasteiger partial charge in [0.05, 0.1) is 11.6 Å². The van der Waals surface area contributed by atoms with Crippen molar-refractivity contribution in [3.05, 3.63) is 65.5 Å². The molecule has 2 amide bonds. The van der Waals surface area contributed by atoms with E-state index in [0.29, 0.717) is 16.7 Å². The zero-order valence-electron chi connectivity index (χ0n) is 11.7. The molecule has 0 fully saturated rings. The molecule has 0 unspecified atom stereocenters. The predicted molar refractivity (Wildman–Crippen MR) is 79.5 cm³/mol. The number of carbonyl (C=O) groups excluding carboxylic acids is 2. The van der Waals surface area contributed by atoms with E-state index in [1.807, 2.05) is 0 Å². The number of aromatic nitrogens is 1. The third kappa shape index (κ3) is 3.67. The summed E-state index contributed by atoms with van der Waals surface area (Å²) in [5.74, 6) is -1.07. The Bertz CT molecular complexity index is 722. The average Bonchev–Trinajstić information content (AvgIpc) is 2.55. The normalized spacial score (nSPS) is 11.2. The summed E-state index contributed by atoms with van der Waals surface area (Å²) in [6.45, 7) is 0. The Morgan fingerprint density at radius 3 is 2.55 bits per heavy atom. The first kappa shape index (κ1) is 15.2. The number of hydrogen-bond donors (Lipinski definition) is 2. The van der Waals surface area contributed by atoms with Gasteiger partial charge in [0.2, 0.25) is 5.91 Å². The Balaban J connectivity index is 2.16. The van der Waals surface area contributed by atoms with E-state index in [1.165, 1.54) is 24.5 Å². The highest BCUT2D eigenvalue weighted by Gasteiger charge is 2.20. The van der Waals surface area contributed by atoms with E-state index in [-0.39, 0.29) is 6.42 Å². The van der Waals surface area contributed by atoms with Gasteiger partial charge in [0.25, 0.3) is 5.91 Å². The minimum atomic E-state index is -0.893. The molecule has 2 rings (SSSR count). The molecule has 22 heavy (non-hydrogen) atoms. The number of nitrogens with two attached hydrogens (primary N) is 1. The van der Waals surface area contributed by atoms with Crippen molar-refractivity contribution in [1.29, 1.82) is 5.26 Å². The van der Waals surface area contributed by atoms with E-state index in [1.54, 1.807) is 24.3 Å². The number of amides is 2. The van der Waals surface area contributed by atoms with Crippen LogP contribution in [0.25, 0.3) is 0 Å².